The number of hydrogen-bond acceptors (Lipinski definition) is 2. The van der Waals surface area contributed by atoms with Crippen molar-refractivity contribution < 1.29 is 0 Å². The third-order valence-electron chi connectivity index (χ3n) is 3.79. The fourth-order valence-electron chi connectivity index (χ4n) is 2.76. The summed E-state index contributed by atoms with van der Waals surface area (Å²) in [6.07, 6.45) is 7.16. The summed E-state index contributed by atoms with van der Waals surface area (Å²) in [6.45, 7) is 6.01. The lowest BCUT2D eigenvalue weighted by Gasteiger charge is -2.26. The van der Waals surface area contributed by atoms with Crippen LogP contribution in [0.2, 0.25) is 0 Å². The zero-order valence-corrected chi connectivity index (χ0v) is 11.0. The van der Waals surface area contributed by atoms with Crippen LogP contribution in [0.1, 0.15) is 46.0 Å². The third kappa shape index (κ3) is 3.67. The van der Waals surface area contributed by atoms with E-state index in [1.165, 1.54) is 50.2 Å². The van der Waals surface area contributed by atoms with E-state index in [1.54, 1.807) is 0 Å². The van der Waals surface area contributed by atoms with Gasteiger partial charge in [-0.15, -0.1) is 0 Å². The number of nitrogens with one attached hydrogen (secondary N) is 1. The van der Waals surface area contributed by atoms with Crippen molar-refractivity contribution in [1.29, 1.82) is 0 Å². The van der Waals surface area contributed by atoms with Crippen LogP contribution in [0, 0.1) is 11.3 Å². The average molecular weight is 227 g/mol. The van der Waals surface area contributed by atoms with Crippen LogP contribution in [-0.2, 0) is 0 Å². The molecule has 1 saturated carbocycles. The van der Waals surface area contributed by atoms with Crippen LogP contribution < -0.4 is 5.32 Å². The van der Waals surface area contributed by atoms with Crippen LogP contribution in [-0.4, -0.2) is 24.1 Å². The molecule has 15 heavy (non-hydrogen) atoms. The van der Waals surface area contributed by atoms with E-state index in [1.807, 2.05) is 0 Å². The van der Waals surface area contributed by atoms with Crippen molar-refractivity contribution in [3.63, 3.8) is 0 Å². The van der Waals surface area contributed by atoms with Crippen molar-refractivity contribution in [2.45, 2.75) is 52.0 Å². The molecule has 1 aliphatic heterocycles. The molecular formula is C13H25NS. The maximum absolute atomic E-state index is 3.82. The van der Waals surface area contributed by atoms with Crippen molar-refractivity contribution in [3.05, 3.63) is 0 Å². The Morgan fingerprint density at radius 2 is 1.93 bits per heavy atom. The highest BCUT2D eigenvalue weighted by Crippen LogP contribution is 2.50. The Hall–Kier alpha value is 0.310. The molecular weight excluding hydrogens is 202 g/mol. The molecule has 2 rings (SSSR count). The van der Waals surface area contributed by atoms with E-state index in [9.17, 15) is 0 Å². The molecule has 2 fully saturated rings. The minimum atomic E-state index is 0.707. The van der Waals surface area contributed by atoms with Crippen molar-refractivity contribution in [2.75, 3.05) is 18.1 Å². The second-order valence-electron chi connectivity index (χ2n) is 5.87. The number of thioether (sulfide) groups is 1. The summed E-state index contributed by atoms with van der Waals surface area (Å²) in [7, 11) is 0. The summed E-state index contributed by atoms with van der Waals surface area (Å²) < 4.78 is 0. The molecule has 88 valence electrons. The second-order valence-corrected chi connectivity index (χ2v) is 7.09. The first-order valence-electron chi connectivity index (χ1n) is 6.51. The summed E-state index contributed by atoms with van der Waals surface area (Å²) in [5.74, 6) is 3.61. The van der Waals surface area contributed by atoms with Gasteiger partial charge in [-0.25, -0.2) is 0 Å². The molecule has 0 unspecified atom stereocenters. The predicted molar refractivity (Wildman–Crippen MR) is 69.5 cm³/mol. The van der Waals surface area contributed by atoms with Gasteiger partial charge in [0.15, 0.2) is 0 Å². The quantitative estimate of drug-likeness (QED) is 0.773. The molecule has 0 bridgehead atoms. The van der Waals surface area contributed by atoms with Crippen LogP contribution in [0.5, 0.6) is 0 Å². The van der Waals surface area contributed by atoms with Crippen LogP contribution in [0.4, 0.5) is 0 Å². The molecule has 0 amide bonds. The van der Waals surface area contributed by atoms with Crippen LogP contribution in [0.25, 0.3) is 0 Å². The lowest BCUT2D eigenvalue weighted by Crippen LogP contribution is -2.37. The molecule has 0 aromatic carbocycles. The normalized spacial score (nSPS) is 25.8. The molecule has 0 aromatic rings. The van der Waals surface area contributed by atoms with E-state index < -0.39 is 0 Å². The van der Waals surface area contributed by atoms with Gasteiger partial charge in [-0.05, 0) is 54.9 Å². The van der Waals surface area contributed by atoms with Crippen molar-refractivity contribution in [2.24, 2.45) is 11.3 Å². The van der Waals surface area contributed by atoms with Gasteiger partial charge >= 0.3 is 0 Å². The standard InChI is InChI=1S/C13H25NS/c1-11(2)9-13(5-6-13)10-14-12-3-7-15-8-4-12/h11-12,14H,3-10H2,1-2H3. The lowest BCUT2D eigenvalue weighted by molar-refractivity contribution is 0.339. The summed E-state index contributed by atoms with van der Waals surface area (Å²) in [4.78, 5) is 0. The first-order valence-corrected chi connectivity index (χ1v) is 7.67. The zero-order chi connectivity index (χ0) is 10.7. The Kier molecular flexibility index (Phi) is 4.00. The first kappa shape index (κ1) is 11.8. The Morgan fingerprint density at radius 3 is 2.47 bits per heavy atom. The SMILES string of the molecule is CC(C)CC1(CNC2CCSCC2)CC1. The van der Waals surface area contributed by atoms with Gasteiger partial charge in [0.2, 0.25) is 0 Å². The lowest BCUT2D eigenvalue weighted by atomic mass is 9.94. The maximum atomic E-state index is 3.82. The Morgan fingerprint density at radius 1 is 1.27 bits per heavy atom. The topological polar surface area (TPSA) is 12.0 Å². The zero-order valence-electron chi connectivity index (χ0n) is 10.2. The third-order valence-corrected chi connectivity index (χ3v) is 4.83. The van der Waals surface area contributed by atoms with Gasteiger partial charge in [0.25, 0.3) is 0 Å². The van der Waals surface area contributed by atoms with Crippen LogP contribution in [0.15, 0.2) is 0 Å². The molecule has 1 aliphatic carbocycles. The number of rotatable bonds is 5. The Labute approximate surface area is 98.8 Å². The van der Waals surface area contributed by atoms with Crippen LogP contribution >= 0.6 is 11.8 Å². The van der Waals surface area contributed by atoms with Crippen LogP contribution in [0.3, 0.4) is 0 Å². The molecule has 0 atom stereocenters. The average Bonchev–Trinajstić information content (AvgIpc) is 2.96. The summed E-state index contributed by atoms with van der Waals surface area (Å²) in [5, 5.41) is 3.82. The van der Waals surface area contributed by atoms with Crippen molar-refractivity contribution in [3.8, 4) is 0 Å². The maximum Gasteiger partial charge on any atom is 0.00830 e. The first-order chi connectivity index (χ1) is 7.20. The molecule has 1 saturated heterocycles. The summed E-state index contributed by atoms with van der Waals surface area (Å²) in [6, 6.07) is 0.830. The minimum absolute atomic E-state index is 0.707. The highest BCUT2D eigenvalue weighted by molar-refractivity contribution is 7.99. The van der Waals surface area contributed by atoms with Crippen molar-refractivity contribution >= 4 is 11.8 Å². The summed E-state index contributed by atoms with van der Waals surface area (Å²) in [5.41, 5.74) is 0.707. The molecule has 0 radical (unpaired) electrons. The predicted octanol–water partition coefficient (Wildman–Crippen LogP) is 3.30. The molecule has 0 spiro atoms. The second kappa shape index (κ2) is 5.09. The Balaban J connectivity index is 1.68. The van der Waals surface area contributed by atoms with Gasteiger partial charge < -0.3 is 5.32 Å². The van der Waals surface area contributed by atoms with E-state index in [0.29, 0.717) is 5.41 Å². The van der Waals surface area contributed by atoms with Gasteiger partial charge in [-0.2, -0.15) is 11.8 Å². The molecule has 2 heteroatoms. The van der Waals surface area contributed by atoms with Gasteiger partial charge in [0.05, 0.1) is 0 Å². The highest BCUT2D eigenvalue weighted by atomic mass is 32.2. The monoisotopic (exact) mass is 227 g/mol. The molecule has 0 aromatic heterocycles. The van der Waals surface area contributed by atoms with E-state index in [0.717, 1.165) is 12.0 Å². The molecule has 1 N–H and O–H groups in total. The van der Waals surface area contributed by atoms with Gasteiger partial charge in [0, 0.05) is 12.6 Å². The van der Waals surface area contributed by atoms with E-state index >= 15 is 0 Å². The summed E-state index contributed by atoms with van der Waals surface area (Å²) >= 11 is 2.12. The molecule has 2 aliphatic rings. The fourth-order valence-corrected chi connectivity index (χ4v) is 3.86. The Bertz CT molecular complexity index is 193. The largest absolute Gasteiger partial charge is 0.313 e. The minimum Gasteiger partial charge on any atom is -0.313 e. The van der Waals surface area contributed by atoms with E-state index in [-0.39, 0.29) is 0 Å². The van der Waals surface area contributed by atoms with Crippen molar-refractivity contribution in [1.82, 2.24) is 5.32 Å². The van der Waals surface area contributed by atoms with Gasteiger partial charge in [-0.1, -0.05) is 13.8 Å². The number of hydrogen-bond donors (Lipinski definition) is 1. The van der Waals surface area contributed by atoms with Gasteiger partial charge in [-0.3, -0.25) is 0 Å². The van der Waals surface area contributed by atoms with Gasteiger partial charge in [0.1, 0.15) is 0 Å². The van der Waals surface area contributed by atoms with E-state index in [4.69, 9.17) is 0 Å². The molecule has 1 nitrogen and oxygen atoms in total. The molecule has 1 heterocycles. The fraction of sp³-hybridized carbons (Fsp3) is 1.00. The highest BCUT2D eigenvalue weighted by Gasteiger charge is 2.42. The van der Waals surface area contributed by atoms with E-state index in [2.05, 4.69) is 30.9 Å². The smallest absolute Gasteiger partial charge is 0.00830 e.